The first kappa shape index (κ1) is 11.8. The Balaban J connectivity index is 2.67. The Morgan fingerprint density at radius 2 is 2.06 bits per heavy atom. The molecule has 0 radical (unpaired) electrons. The molecule has 92 valence electrons. The topological polar surface area (TPSA) is 89.1 Å². The van der Waals surface area contributed by atoms with E-state index in [4.69, 9.17) is 5.73 Å². The smallest absolute Gasteiger partial charge is 0.274 e. The van der Waals surface area contributed by atoms with Crippen molar-refractivity contribution < 1.29 is 0 Å². The predicted octanol–water partition coefficient (Wildman–Crippen LogP) is 0.700. The van der Waals surface area contributed by atoms with Crippen LogP contribution in [-0.2, 0) is 5.54 Å². The lowest BCUT2D eigenvalue weighted by Crippen LogP contribution is -2.36. The second-order valence-corrected chi connectivity index (χ2v) is 4.31. The van der Waals surface area contributed by atoms with Crippen LogP contribution in [0.2, 0.25) is 0 Å². The summed E-state index contributed by atoms with van der Waals surface area (Å²) >= 11 is 0. The monoisotopic (exact) mass is 235 g/mol. The Bertz CT molecular complexity index is 593. The fourth-order valence-electron chi connectivity index (χ4n) is 1.80. The lowest BCUT2D eigenvalue weighted by atomic mass is 9.94. The number of fused-ring (bicyclic) bond motifs is 1. The van der Waals surface area contributed by atoms with Crippen LogP contribution in [0.15, 0.2) is 10.9 Å². The van der Waals surface area contributed by atoms with Crippen molar-refractivity contribution in [2.75, 3.05) is 0 Å². The SMILES string of the molecule is CCC(N)(CC)c1nc2nc(C)cc(=O)n2[nH]1. The molecule has 0 aliphatic carbocycles. The maximum absolute atomic E-state index is 11.7. The van der Waals surface area contributed by atoms with Gasteiger partial charge >= 0.3 is 0 Å². The predicted molar refractivity (Wildman–Crippen MR) is 64.8 cm³/mol. The molecule has 3 N–H and O–H groups in total. The summed E-state index contributed by atoms with van der Waals surface area (Å²) in [5.41, 5.74) is 6.19. The number of aromatic nitrogens is 4. The molecule has 2 aromatic heterocycles. The summed E-state index contributed by atoms with van der Waals surface area (Å²) in [6.07, 6.45) is 1.49. The minimum Gasteiger partial charge on any atom is -0.319 e. The van der Waals surface area contributed by atoms with Crippen LogP contribution in [0.4, 0.5) is 0 Å². The van der Waals surface area contributed by atoms with E-state index in [9.17, 15) is 4.79 Å². The van der Waals surface area contributed by atoms with E-state index in [2.05, 4.69) is 15.1 Å². The number of nitrogens with two attached hydrogens (primary N) is 1. The molecule has 0 bridgehead atoms. The molecule has 0 unspecified atom stereocenters. The highest BCUT2D eigenvalue weighted by atomic mass is 16.1. The number of hydrogen-bond acceptors (Lipinski definition) is 4. The van der Waals surface area contributed by atoms with Crippen LogP contribution < -0.4 is 11.3 Å². The van der Waals surface area contributed by atoms with Crippen LogP contribution >= 0.6 is 0 Å². The van der Waals surface area contributed by atoms with Crippen LogP contribution in [0.3, 0.4) is 0 Å². The fraction of sp³-hybridized carbons (Fsp3) is 0.545. The number of hydrogen-bond donors (Lipinski definition) is 2. The Kier molecular flexibility index (Phi) is 2.74. The first-order valence-electron chi connectivity index (χ1n) is 5.76. The number of H-pyrrole nitrogens is 1. The van der Waals surface area contributed by atoms with Crippen molar-refractivity contribution in [1.29, 1.82) is 0 Å². The largest absolute Gasteiger partial charge is 0.319 e. The highest BCUT2D eigenvalue weighted by molar-refractivity contribution is 5.29. The van der Waals surface area contributed by atoms with Gasteiger partial charge in [-0.25, -0.2) is 4.98 Å². The molecule has 2 aromatic rings. The maximum Gasteiger partial charge on any atom is 0.274 e. The van der Waals surface area contributed by atoms with Crippen molar-refractivity contribution in [3.8, 4) is 0 Å². The van der Waals surface area contributed by atoms with Crippen molar-refractivity contribution in [2.45, 2.75) is 39.2 Å². The van der Waals surface area contributed by atoms with E-state index < -0.39 is 5.54 Å². The third-order valence-electron chi connectivity index (χ3n) is 3.19. The van der Waals surface area contributed by atoms with Gasteiger partial charge in [-0.1, -0.05) is 13.8 Å². The zero-order valence-corrected chi connectivity index (χ0v) is 10.3. The molecule has 0 amide bonds. The molecule has 0 spiro atoms. The number of nitrogens with one attached hydrogen (secondary N) is 1. The van der Waals surface area contributed by atoms with E-state index in [1.165, 1.54) is 10.6 Å². The quantitative estimate of drug-likeness (QED) is 0.819. The molecule has 0 aliphatic heterocycles. The Hall–Kier alpha value is -1.69. The van der Waals surface area contributed by atoms with E-state index in [1.807, 2.05) is 13.8 Å². The summed E-state index contributed by atoms with van der Waals surface area (Å²) in [6.45, 7) is 5.77. The summed E-state index contributed by atoms with van der Waals surface area (Å²) in [7, 11) is 0. The molecule has 0 aliphatic rings. The molecule has 0 fully saturated rings. The third-order valence-corrected chi connectivity index (χ3v) is 3.19. The molecular weight excluding hydrogens is 218 g/mol. The van der Waals surface area contributed by atoms with Crippen molar-refractivity contribution >= 4 is 5.78 Å². The van der Waals surface area contributed by atoms with Crippen LogP contribution in [-0.4, -0.2) is 19.6 Å². The molecule has 17 heavy (non-hydrogen) atoms. The van der Waals surface area contributed by atoms with E-state index in [0.29, 0.717) is 17.3 Å². The number of rotatable bonds is 3. The van der Waals surface area contributed by atoms with Gasteiger partial charge in [-0.2, -0.15) is 9.50 Å². The average molecular weight is 235 g/mol. The first-order chi connectivity index (χ1) is 8.00. The number of nitrogens with zero attached hydrogens (tertiary/aromatic N) is 3. The van der Waals surface area contributed by atoms with Crippen molar-refractivity contribution in [1.82, 2.24) is 19.6 Å². The van der Waals surface area contributed by atoms with Gasteiger partial charge in [0.05, 0.1) is 5.54 Å². The summed E-state index contributed by atoms with van der Waals surface area (Å²) in [4.78, 5) is 20.3. The van der Waals surface area contributed by atoms with Gasteiger partial charge in [0.25, 0.3) is 11.3 Å². The summed E-state index contributed by atoms with van der Waals surface area (Å²) in [6, 6.07) is 1.46. The zero-order chi connectivity index (χ0) is 12.6. The summed E-state index contributed by atoms with van der Waals surface area (Å²) in [5, 5.41) is 2.94. The van der Waals surface area contributed by atoms with Crippen LogP contribution in [0.25, 0.3) is 5.78 Å². The molecule has 2 heterocycles. The van der Waals surface area contributed by atoms with E-state index >= 15 is 0 Å². The van der Waals surface area contributed by atoms with Gasteiger partial charge in [0.1, 0.15) is 5.82 Å². The highest BCUT2D eigenvalue weighted by Gasteiger charge is 2.27. The van der Waals surface area contributed by atoms with Crippen molar-refractivity contribution in [2.24, 2.45) is 5.73 Å². The molecule has 0 atom stereocenters. The minimum atomic E-state index is -0.534. The van der Waals surface area contributed by atoms with Gasteiger partial charge in [0.15, 0.2) is 0 Å². The Labute approximate surface area is 98.9 Å². The number of aryl methyl sites for hydroxylation is 1. The third kappa shape index (κ3) is 1.84. The van der Waals surface area contributed by atoms with Crippen molar-refractivity contribution in [3.63, 3.8) is 0 Å². The van der Waals surface area contributed by atoms with E-state index in [0.717, 1.165) is 12.8 Å². The van der Waals surface area contributed by atoms with Gasteiger partial charge in [-0.15, -0.1) is 0 Å². The van der Waals surface area contributed by atoms with Gasteiger partial charge in [-0.3, -0.25) is 9.89 Å². The lowest BCUT2D eigenvalue weighted by molar-refractivity contribution is 0.387. The highest BCUT2D eigenvalue weighted by Crippen LogP contribution is 2.22. The lowest BCUT2D eigenvalue weighted by Gasteiger charge is -2.22. The first-order valence-corrected chi connectivity index (χ1v) is 5.76. The fourth-order valence-corrected chi connectivity index (χ4v) is 1.80. The Morgan fingerprint density at radius 1 is 1.41 bits per heavy atom. The molecule has 0 aromatic carbocycles. The standard InChI is InChI=1S/C11H17N5O/c1-4-11(12,5-2)9-14-10-13-7(3)6-8(17)16(10)15-9/h6H,4-5,12H2,1-3H3,(H,13,14,15). The summed E-state index contributed by atoms with van der Waals surface area (Å²) in [5.74, 6) is 0.986. The van der Waals surface area contributed by atoms with Gasteiger partial charge in [-0.05, 0) is 19.8 Å². The molecule has 0 saturated carbocycles. The molecule has 6 heteroatoms. The average Bonchev–Trinajstić information content (AvgIpc) is 2.72. The van der Waals surface area contributed by atoms with Gasteiger partial charge < -0.3 is 5.73 Å². The molecular formula is C11H17N5O. The van der Waals surface area contributed by atoms with Crippen LogP contribution in [0.1, 0.15) is 38.2 Å². The van der Waals surface area contributed by atoms with Gasteiger partial charge in [0.2, 0.25) is 0 Å². The second kappa shape index (κ2) is 3.96. The molecule has 0 saturated heterocycles. The van der Waals surface area contributed by atoms with Crippen LogP contribution in [0.5, 0.6) is 0 Å². The Morgan fingerprint density at radius 3 is 2.65 bits per heavy atom. The van der Waals surface area contributed by atoms with Crippen LogP contribution in [0, 0.1) is 6.92 Å². The van der Waals surface area contributed by atoms with Gasteiger partial charge in [0, 0.05) is 11.8 Å². The molecule has 6 nitrogen and oxygen atoms in total. The maximum atomic E-state index is 11.7. The van der Waals surface area contributed by atoms with E-state index in [1.54, 1.807) is 6.92 Å². The second-order valence-electron chi connectivity index (χ2n) is 4.31. The van der Waals surface area contributed by atoms with Crippen molar-refractivity contribution in [3.05, 3.63) is 27.9 Å². The normalized spacial score (nSPS) is 12.2. The summed E-state index contributed by atoms with van der Waals surface area (Å²) < 4.78 is 1.33. The zero-order valence-electron chi connectivity index (χ0n) is 10.3. The minimum absolute atomic E-state index is 0.166. The number of aromatic amines is 1. The van der Waals surface area contributed by atoms with E-state index in [-0.39, 0.29) is 5.56 Å². The molecule has 2 rings (SSSR count).